The van der Waals surface area contributed by atoms with Gasteiger partial charge in [-0.25, -0.2) is 0 Å². The van der Waals surface area contributed by atoms with Crippen LogP contribution in [0.15, 0.2) is 27.8 Å². The number of nitrogens with zero attached hydrogens (tertiary/aromatic N) is 3. The van der Waals surface area contributed by atoms with E-state index >= 15 is 0 Å². The van der Waals surface area contributed by atoms with Crippen LogP contribution in [0.5, 0.6) is 11.5 Å². The first-order valence-electron chi connectivity index (χ1n) is 9.96. The molecule has 1 aliphatic carbocycles. The Kier molecular flexibility index (Phi) is 4.31. The van der Waals surface area contributed by atoms with Gasteiger partial charge in [0.2, 0.25) is 18.6 Å². The van der Waals surface area contributed by atoms with Crippen molar-refractivity contribution in [3.8, 4) is 23.0 Å². The lowest BCUT2D eigenvalue weighted by Crippen LogP contribution is -2.38. The van der Waals surface area contributed by atoms with Crippen LogP contribution in [0.25, 0.3) is 11.5 Å². The van der Waals surface area contributed by atoms with Gasteiger partial charge in [-0.1, -0.05) is 32.5 Å². The van der Waals surface area contributed by atoms with E-state index in [-0.39, 0.29) is 18.1 Å². The number of aromatic nitrogens is 2. The molecule has 5 rings (SSSR count). The fourth-order valence-corrected chi connectivity index (χ4v) is 6.02. The van der Waals surface area contributed by atoms with Crippen molar-refractivity contribution in [2.45, 2.75) is 51.3 Å². The molecule has 29 heavy (non-hydrogen) atoms. The van der Waals surface area contributed by atoms with E-state index in [4.69, 9.17) is 13.9 Å². The molecule has 2 aromatic rings. The van der Waals surface area contributed by atoms with Crippen molar-refractivity contribution in [2.75, 3.05) is 19.1 Å². The monoisotopic (exact) mass is 415 g/mol. The number of hydrogen-bond acceptors (Lipinski definition) is 7. The van der Waals surface area contributed by atoms with E-state index in [0.29, 0.717) is 39.8 Å². The summed E-state index contributed by atoms with van der Waals surface area (Å²) in [5, 5.41) is 8.61. The van der Waals surface area contributed by atoms with Crippen molar-refractivity contribution >= 4 is 17.7 Å². The minimum absolute atomic E-state index is 0.157. The van der Waals surface area contributed by atoms with Crippen LogP contribution in [0, 0.1) is 10.8 Å². The first kappa shape index (κ1) is 18.8. The first-order valence-corrected chi connectivity index (χ1v) is 10.9. The highest BCUT2D eigenvalue weighted by Gasteiger charge is 2.50. The molecule has 8 heteroatoms. The lowest BCUT2D eigenvalue weighted by molar-refractivity contribution is -0.129. The van der Waals surface area contributed by atoms with Crippen molar-refractivity contribution in [3.05, 3.63) is 18.2 Å². The van der Waals surface area contributed by atoms with Crippen LogP contribution in [0.2, 0.25) is 0 Å². The van der Waals surface area contributed by atoms with Crippen LogP contribution in [0.1, 0.15) is 40.0 Å². The van der Waals surface area contributed by atoms with Gasteiger partial charge in [-0.05, 0) is 48.3 Å². The summed E-state index contributed by atoms with van der Waals surface area (Å²) in [5.41, 5.74) is 1.30. The van der Waals surface area contributed by atoms with Gasteiger partial charge in [0.25, 0.3) is 5.22 Å². The Balaban J connectivity index is 1.23. The zero-order valence-electron chi connectivity index (χ0n) is 16.9. The Hall–Kier alpha value is -2.22. The quantitative estimate of drug-likeness (QED) is 0.699. The lowest BCUT2D eigenvalue weighted by Gasteiger charge is -2.39. The van der Waals surface area contributed by atoms with Crippen molar-refractivity contribution in [2.24, 2.45) is 10.8 Å². The maximum Gasteiger partial charge on any atom is 0.277 e. The van der Waals surface area contributed by atoms with Crippen LogP contribution >= 0.6 is 11.8 Å². The third-order valence-electron chi connectivity index (χ3n) is 6.08. The van der Waals surface area contributed by atoms with Crippen LogP contribution in [0.3, 0.4) is 0 Å². The topological polar surface area (TPSA) is 77.7 Å². The fourth-order valence-electron chi connectivity index (χ4n) is 5.37. The second-order valence-corrected chi connectivity index (χ2v) is 10.4. The lowest BCUT2D eigenvalue weighted by atomic mass is 9.65. The van der Waals surface area contributed by atoms with Crippen molar-refractivity contribution in [1.82, 2.24) is 15.1 Å². The number of ether oxygens (including phenoxy) is 2. The Morgan fingerprint density at radius 3 is 2.90 bits per heavy atom. The minimum atomic E-state index is 0.157. The van der Waals surface area contributed by atoms with Gasteiger partial charge in [0, 0.05) is 18.2 Å². The predicted octanol–water partition coefficient (Wildman–Crippen LogP) is 3.98. The zero-order chi connectivity index (χ0) is 20.2. The third-order valence-corrected chi connectivity index (χ3v) is 6.88. The molecule has 2 atom stereocenters. The highest BCUT2D eigenvalue weighted by atomic mass is 32.2. The van der Waals surface area contributed by atoms with Gasteiger partial charge in [-0.15, -0.1) is 10.2 Å². The molecule has 154 valence electrons. The van der Waals surface area contributed by atoms with Gasteiger partial charge in [0.05, 0.1) is 5.75 Å². The van der Waals surface area contributed by atoms with Crippen LogP contribution in [0.4, 0.5) is 0 Å². The molecule has 0 unspecified atom stereocenters. The number of carbonyl (C=O) groups excluding carboxylic acids is 1. The van der Waals surface area contributed by atoms with Gasteiger partial charge in [0.15, 0.2) is 11.5 Å². The van der Waals surface area contributed by atoms with Gasteiger partial charge in [-0.2, -0.15) is 0 Å². The summed E-state index contributed by atoms with van der Waals surface area (Å²) >= 11 is 1.30. The molecule has 2 aliphatic heterocycles. The molecule has 1 saturated carbocycles. The number of fused-ring (bicyclic) bond motifs is 3. The number of rotatable bonds is 4. The molecule has 2 fully saturated rings. The maximum atomic E-state index is 12.9. The average molecular weight is 416 g/mol. The van der Waals surface area contributed by atoms with Gasteiger partial charge >= 0.3 is 0 Å². The minimum Gasteiger partial charge on any atom is -0.454 e. The van der Waals surface area contributed by atoms with Crippen molar-refractivity contribution < 1.29 is 18.7 Å². The normalized spacial score (nSPS) is 26.7. The summed E-state index contributed by atoms with van der Waals surface area (Å²) in [4.78, 5) is 15.0. The first-order chi connectivity index (χ1) is 13.8. The highest BCUT2D eigenvalue weighted by molar-refractivity contribution is 7.99. The van der Waals surface area contributed by atoms with E-state index in [1.54, 1.807) is 0 Å². The molecule has 7 nitrogen and oxygen atoms in total. The summed E-state index contributed by atoms with van der Waals surface area (Å²) < 4.78 is 16.5. The molecule has 1 aromatic heterocycles. The van der Waals surface area contributed by atoms with Crippen LogP contribution in [-0.2, 0) is 4.79 Å². The van der Waals surface area contributed by atoms with E-state index in [9.17, 15) is 4.79 Å². The standard InChI is InChI=1S/C21H25N3O4S/c1-20(2)7-14-8-21(3,10-20)11-24(14)17(25)9-29-19-23-22-18(28-19)13-4-5-15-16(6-13)27-12-26-15/h4-6,14H,7-12H2,1-3H3/t14-,21-/m1/s1. The molecule has 2 bridgehead atoms. The smallest absolute Gasteiger partial charge is 0.277 e. The highest BCUT2D eigenvalue weighted by Crippen LogP contribution is 2.52. The zero-order valence-corrected chi connectivity index (χ0v) is 17.8. The molecule has 1 saturated heterocycles. The fraction of sp³-hybridized carbons (Fsp3) is 0.571. The Morgan fingerprint density at radius 2 is 2.03 bits per heavy atom. The molecule has 0 N–H and O–H groups in total. The van der Waals surface area contributed by atoms with E-state index in [0.717, 1.165) is 24.9 Å². The number of hydrogen-bond donors (Lipinski definition) is 0. The van der Waals surface area contributed by atoms with Gasteiger partial charge < -0.3 is 18.8 Å². The Morgan fingerprint density at radius 1 is 1.21 bits per heavy atom. The Labute approximate surface area is 174 Å². The summed E-state index contributed by atoms with van der Waals surface area (Å²) in [6.45, 7) is 8.02. The number of amides is 1. The molecular formula is C21H25N3O4S. The van der Waals surface area contributed by atoms with Crippen LogP contribution < -0.4 is 9.47 Å². The number of benzene rings is 1. The van der Waals surface area contributed by atoms with Gasteiger partial charge in [-0.3, -0.25) is 4.79 Å². The molecule has 3 heterocycles. The molecule has 1 amide bonds. The van der Waals surface area contributed by atoms with E-state index < -0.39 is 0 Å². The molecule has 0 radical (unpaired) electrons. The summed E-state index contributed by atoms with van der Waals surface area (Å²) in [6, 6.07) is 5.85. The van der Waals surface area contributed by atoms with Crippen LogP contribution in [-0.4, -0.2) is 46.1 Å². The average Bonchev–Trinajstić information content (AvgIpc) is 3.35. The Bertz CT molecular complexity index is 959. The maximum absolute atomic E-state index is 12.9. The second kappa shape index (κ2) is 6.65. The van der Waals surface area contributed by atoms with Gasteiger partial charge in [0.1, 0.15) is 0 Å². The number of thioether (sulfide) groups is 1. The summed E-state index contributed by atoms with van der Waals surface area (Å²) in [6.07, 6.45) is 3.37. The molecule has 1 aromatic carbocycles. The third kappa shape index (κ3) is 3.58. The number of carbonyl (C=O) groups is 1. The van der Waals surface area contributed by atoms with Crippen molar-refractivity contribution in [3.63, 3.8) is 0 Å². The van der Waals surface area contributed by atoms with Crippen molar-refractivity contribution in [1.29, 1.82) is 0 Å². The summed E-state index contributed by atoms with van der Waals surface area (Å²) in [5.74, 6) is 2.26. The summed E-state index contributed by atoms with van der Waals surface area (Å²) in [7, 11) is 0. The van der Waals surface area contributed by atoms with E-state index in [2.05, 4.69) is 35.9 Å². The van der Waals surface area contributed by atoms with E-state index in [1.165, 1.54) is 18.2 Å². The number of likely N-dealkylation sites (tertiary alicyclic amines) is 1. The molecular weight excluding hydrogens is 390 g/mol. The second-order valence-electron chi connectivity index (χ2n) is 9.47. The largest absolute Gasteiger partial charge is 0.454 e. The molecule has 0 spiro atoms. The predicted molar refractivity (Wildman–Crippen MR) is 108 cm³/mol. The molecule has 3 aliphatic rings. The van der Waals surface area contributed by atoms with E-state index in [1.807, 2.05) is 18.2 Å². The SMILES string of the molecule is CC1(C)C[C@@H]2C[C@@](C)(CN2C(=O)CSc2nnc(-c3ccc4c(c3)OCO4)o2)C1.